The summed E-state index contributed by atoms with van der Waals surface area (Å²) in [7, 11) is 0. The van der Waals surface area contributed by atoms with Crippen molar-refractivity contribution < 1.29 is 18.3 Å². The maximum Gasteiger partial charge on any atom is 0.250 e. The molecule has 5 nitrogen and oxygen atoms in total. The molecule has 0 radical (unpaired) electrons. The lowest BCUT2D eigenvalue weighted by Crippen LogP contribution is -1.92. The van der Waals surface area contributed by atoms with Crippen molar-refractivity contribution in [3.05, 3.63) is 36.3 Å². The first-order chi connectivity index (χ1) is 9.29. The third kappa shape index (κ3) is 1.61. The Morgan fingerprint density at radius 2 is 1.89 bits per heavy atom. The van der Waals surface area contributed by atoms with Gasteiger partial charge in [0, 0.05) is 5.56 Å². The van der Waals surface area contributed by atoms with Gasteiger partial charge in [-0.1, -0.05) is 0 Å². The van der Waals surface area contributed by atoms with Gasteiger partial charge in [0.2, 0.25) is 24.3 Å². The molecule has 0 spiro atoms. The average Bonchev–Trinajstić information content (AvgIpc) is 3.02. The summed E-state index contributed by atoms with van der Waals surface area (Å²) < 4.78 is 28.9. The molecule has 3 heterocycles. The lowest BCUT2D eigenvalue weighted by Gasteiger charge is -1.97. The molecule has 1 aliphatic rings. The van der Waals surface area contributed by atoms with Crippen LogP contribution in [0.2, 0.25) is 0 Å². The normalized spacial score (nSPS) is 13.1. The number of hydrogen-bond donors (Lipinski definition) is 0. The van der Waals surface area contributed by atoms with Gasteiger partial charge in [-0.05, 0) is 30.3 Å². The molecule has 6 heteroatoms. The van der Waals surface area contributed by atoms with Crippen LogP contribution in [-0.4, -0.2) is 16.8 Å². The first-order valence-electron chi connectivity index (χ1n) is 5.63. The zero-order chi connectivity index (χ0) is 12.8. The second-order valence-corrected chi connectivity index (χ2v) is 4.05. The Kier molecular flexibility index (Phi) is 2.00. The molecule has 2 aromatic heterocycles. The number of rotatable bonds is 1. The van der Waals surface area contributed by atoms with Crippen molar-refractivity contribution in [2.24, 2.45) is 0 Å². The van der Waals surface area contributed by atoms with E-state index in [-0.39, 0.29) is 12.5 Å². The fourth-order valence-electron chi connectivity index (χ4n) is 1.95. The Balaban J connectivity index is 1.85. The standard InChI is InChI=1S/C13H7FN2O3/c14-11-4-2-8-13(16-11)19-12(15-8)7-1-3-9-10(5-7)18-6-17-9/h1-5H,6H2. The van der Waals surface area contributed by atoms with Crippen molar-refractivity contribution >= 4 is 11.2 Å². The van der Waals surface area contributed by atoms with Crippen LogP contribution in [0.4, 0.5) is 4.39 Å². The van der Waals surface area contributed by atoms with E-state index >= 15 is 0 Å². The van der Waals surface area contributed by atoms with Gasteiger partial charge in [0.25, 0.3) is 0 Å². The third-order valence-electron chi connectivity index (χ3n) is 2.84. The Labute approximate surface area is 106 Å². The number of aromatic nitrogens is 2. The molecule has 0 saturated heterocycles. The molecule has 0 fully saturated rings. The topological polar surface area (TPSA) is 57.4 Å². The number of ether oxygens (including phenoxy) is 2. The molecular formula is C13H7FN2O3. The van der Waals surface area contributed by atoms with Crippen molar-refractivity contribution in [2.75, 3.05) is 6.79 Å². The van der Waals surface area contributed by atoms with E-state index in [0.717, 1.165) is 5.56 Å². The largest absolute Gasteiger partial charge is 0.454 e. The van der Waals surface area contributed by atoms with Crippen molar-refractivity contribution in [1.29, 1.82) is 0 Å². The predicted molar refractivity (Wildman–Crippen MR) is 63.3 cm³/mol. The maximum atomic E-state index is 13.0. The molecule has 0 amide bonds. The molecule has 1 aliphatic heterocycles. The van der Waals surface area contributed by atoms with Crippen LogP contribution in [0.5, 0.6) is 11.5 Å². The van der Waals surface area contributed by atoms with Crippen LogP contribution in [0.25, 0.3) is 22.7 Å². The molecule has 0 N–H and O–H groups in total. The van der Waals surface area contributed by atoms with E-state index in [2.05, 4.69) is 9.97 Å². The fourth-order valence-corrected chi connectivity index (χ4v) is 1.95. The van der Waals surface area contributed by atoms with E-state index < -0.39 is 5.95 Å². The van der Waals surface area contributed by atoms with Crippen LogP contribution in [0.15, 0.2) is 34.7 Å². The van der Waals surface area contributed by atoms with Crippen LogP contribution in [0.3, 0.4) is 0 Å². The van der Waals surface area contributed by atoms with Crippen molar-refractivity contribution in [1.82, 2.24) is 9.97 Å². The lowest BCUT2D eigenvalue weighted by molar-refractivity contribution is 0.174. The van der Waals surface area contributed by atoms with Gasteiger partial charge in [-0.2, -0.15) is 9.37 Å². The quantitative estimate of drug-likeness (QED) is 0.628. The van der Waals surface area contributed by atoms with Crippen LogP contribution >= 0.6 is 0 Å². The highest BCUT2D eigenvalue weighted by Gasteiger charge is 2.16. The number of nitrogens with zero attached hydrogens (tertiary/aromatic N) is 2. The minimum Gasteiger partial charge on any atom is -0.454 e. The Bertz CT molecular complexity index is 785. The van der Waals surface area contributed by atoms with Gasteiger partial charge in [0.15, 0.2) is 11.5 Å². The summed E-state index contributed by atoms with van der Waals surface area (Å²) in [5.41, 5.74) is 1.41. The lowest BCUT2D eigenvalue weighted by atomic mass is 10.2. The highest BCUT2D eigenvalue weighted by Crippen LogP contribution is 2.36. The molecular weight excluding hydrogens is 251 g/mol. The van der Waals surface area contributed by atoms with Crippen molar-refractivity contribution in [3.63, 3.8) is 0 Å². The molecule has 0 bridgehead atoms. The molecule has 1 aromatic carbocycles. The first kappa shape index (κ1) is 10.3. The van der Waals surface area contributed by atoms with E-state index in [9.17, 15) is 4.39 Å². The summed E-state index contributed by atoms with van der Waals surface area (Å²) in [5, 5.41) is 0. The summed E-state index contributed by atoms with van der Waals surface area (Å²) in [6, 6.07) is 8.12. The zero-order valence-corrected chi connectivity index (χ0v) is 9.59. The monoisotopic (exact) mass is 258 g/mol. The minimum atomic E-state index is -0.596. The van der Waals surface area contributed by atoms with Crippen molar-refractivity contribution in [2.45, 2.75) is 0 Å². The van der Waals surface area contributed by atoms with Gasteiger partial charge in [-0.3, -0.25) is 0 Å². The number of halogens is 1. The van der Waals surface area contributed by atoms with Gasteiger partial charge in [-0.15, -0.1) is 0 Å². The smallest absolute Gasteiger partial charge is 0.250 e. The van der Waals surface area contributed by atoms with E-state index in [4.69, 9.17) is 13.9 Å². The van der Waals surface area contributed by atoms with Gasteiger partial charge >= 0.3 is 0 Å². The number of hydrogen-bond acceptors (Lipinski definition) is 5. The van der Waals surface area contributed by atoms with E-state index in [1.165, 1.54) is 12.1 Å². The maximum absolute atomic E-state index is 13.0. The molecule has 19 heavy (non-hydrogen) atoms. The first-order valence-corrected chi connectivity index (χ1v) is 5.63. The molecule has 0 saturated carbocycles. The van der Waals surface area contributed by atoms with Crippen LogP contribution in [-0.2, 0) is 0 Å². The number of fused-ring (bicyclic) bond motifs is 2. The zero-order valence-electron chi connectivity index (χ0n) is 9.59. The van der Waals surface area contributed by atoms with Crippen LogP contribution in [0, 0.1) is 5.95 Å². The average molecular weight is 258 g/mol. The summed E-state index contributed by atoms with van der Waals surface area (Å²) in [6.07, 6.45) is 0. The number of benzene rings is 1. The van der Waals surface area contributed by atoms with Crippen molar-refractivity contribution in [3.8, 4) is 23.0 Å². The van der Waals surface area contributed by atoms with Gasteiger partial charge in [0.1, 0.15) is 5.52 Å². The summed E-state index contributed by atoms with van der Waals surface area (Å²) in [5.74, 6) is 1.09. The second kappa shape index (κ2) is 3.68. The summed E-state index contributed by atoms with van der Waals surface area (Å²) >= 11 is 0. The fraction of sp³-hybridized carbons (Fsp3) is 0.0769. The molecule has 3 aromatic rings. The van der Waals surface area contributed by atoms with Crippen LogP contribution < -0.4 is 9.47 Å². The van der Waals surface area contributed by atoms with Gasteiger partial charge in [-0.25, -0.2) is 4.98 Å². The van der Waals surface area contributed by atoms with E-state index in [0.29, 0.717) is 22.9 Å². The number of oxazole rings is 1. The second-order valence-electron chi connectivity index (χ2n) is 4.05. The van der Waals surface area contributed by atoms with Crippen LogP contribution in [0.1, 0.15) is 0 Å². The van der Waals surface area contributed by atoms with Gasteiger partial charge < -0.3 is 13.9 Å². The summed E-state index contributed by atoms with van der Waals surface area (Å²) in [4.78, 5) is 7.90. The molecule has 4 rings (SSSR count). The number of pyridine rings is 1. The van der Waals surface area contributed by atoms with Gasteiger partial charge in [0.05, 0.1) is 0 Å². The Morgan fingerprint density at radius 3 is 2.84 bits per heavy atom. The Hall–Kier alpha value is -2.63. The molecule has 0 atom stereocenters. The van der Waals surface area contributed by atoms with E-state index in [1.807, 2.05) is 0 Å². The van der Waals surface area contributed by atoms with E-state index in [1.54, 1.807) is 18.2 Å². The molecule has 0 aliphatic carbocycles. The summed E-state index contributed by atoms with van der Waals surface area (Å²) in [6.45, 7) is 0.207. The highest BCUT2D eigenvalue weighted by atomic mass is 19.1. The third-order valence-corrected chi connectivity index (χ3v) is 2.84. The predicted octanol–water partition coefficient (Wildman–Crippen LogP) is 2.76. The minimum absolute atomic E-state index is 0.174. The highest BCUT2D eigenvalue weighted by molar-refractivity contribution is 5.73. The Morgan fingerprint density at radius 1 is 1.00 bits per heavy atom. The molecule has 0 unspecified atom stereocenters. The molecule has 94 valence electrons. The SMILES string of the molecule is Fc1ccc2nc(-c3ccc4c(c3)OCO4)oc2n1.